The van der Waals surface area contributed by atoms with Gasteiger partial charge in [0.25, 0.3) is 0 Å². The van der Waals surface area contributed by atoms with Crippen LogP contribution in [0.25, 0.3) is 0 Å². The van der Waals surface area contributed by atoms with Crippen molar-refractivity contribution in [3.63, 3.8) is 0 Å². The van der Waals surface area contributed by atoms with Crippen LogP contribution >= 0.6 is 16.1 Å². The Hall–Kier alpha value is -2.21. The maximum absolute atomic E-state index is 3.25. The van der Waals surface area contributed by atoms with Gasteiger partial charge in [-0.25, -0.2) is 4.44 Å². The van der Waals surface area contributed by atoms with Gasteiger partial charge in [0, 0.05) is 22.2 Å². The fourth-order valence-corrected chi connectivity index (χ4v) is 43.6. The van der Waals surface area contributed by atoms with Gasteiger partial charge < -0.3 is 0 Å². The Morgan fingerprint density at radius 3 is 0.792 bits per heavy atom. The molecule has 1 aliphatic rings. The van der Waals surface area contributed by atoms with Gasteiger partial charge in [0.15, 0.2) is 0 Å². The summed E-state index contributed by atoms with van der Waals surface area (Å²) >= 11 is 0. The molecule has 7 heteroatoms. The summed E-state index contributed by atoms with van der Waals surface area (Å²) in [6.07, 6.45) is 19.1. The third-order valence-corrected chi connectivity index (χ3v) is 48.0. The lowest BCUT2D eigenvalue weighted by atomic mass is 9.88. The Morgan fingerprint density at radius 2 is 0.558 bits per heavy atom. The van der Waals surface area contributed by atoms with Crippen LogP contribution in [-0.4, -0.2) is 36.7 Å². The third-order valence-electron chi connectivity index (χ3n) is 18.7. The van der Waals surface area contributed by atoms with E-state index in [4.69, 9.17) is 0 Å². The number of rotatable bonds is 35. The highest BCUT2D eigenvalue weighted by Crippen LogP contribution is 2.61. The molecule has 0 aromatic heterocycles. The van der Waals surface area contributed by atoms with Crippen LogP contribution in [0.3, 0.4) is 0 Å². The van der Waals surface area contributed by atoms with Crippen LogP contribution in [0.2, 0.25) is 72.5 Å². The largest absolute Gasteiger partial charge is 0.237 e. The number of hydrogen-bond donors (Lipinski definition) is 0. The van der Waals surface area contributed by atoms with E-state index >= 15 is 0 Å². The first-order chi connectivity index (χ1) is 37.5. The molecule has 5 aromatic rings. The minimum absolute atomic E-state index is 0.306. The first-order valence-electron chi connectivity index (χ1n) is 32.4. The Morgan fingerprint density at radius 1 is 0.325 bits per heavy atom. The van der Waals surface area contributed by atoms with E-state index in [2.05, 4.69) is 209 Å². The molecular weight excluding hydrogens is 1030 g/mol. The van der Waals surface area contributed by atoms with E-state index in [0.717, 1.165) is 0 Å². The molecule has 0 heterocycles. The minimum Gasteiger partial charge on any atom is -0.237 e. The zero-order valence-electron chi connectivity index (χ0n) is 51.6. The van der Waals surface area contributed by atoms with Crippen LogP contribution in [0.5, 0.6) is 0 Å². The van der Waals surface area contributed by atoms with Gasteiger partial charge in [-0.15, -0.1) is 0 Å². The van der Waals surface area contributed by atoms with E-state index in [9.17, 15) is 0 Å². The molecule has 0 bridgehead atoms. The maximum atomic E-state index is 3.25. The van der Waals surface area contributed by atoms with E-state index in [1.807, 2.05) is 0 Å². The predicted octanol–water partition coefficient (Wildman–Crippen LogP) is 19.0. The van der Waals surface area contributed by atoms with Crippen molar-refractivity contribution in [1.82, 2.24) is 4.44 Å². The van der Waals surface area contributed by atoms with E-state index in [0.29, 0.717) is 6.04 Å². The molecule has 5 aromatic carbocycles. The van der Waals surface area contributed by atoms with Gasteiger partial charge in [0.2, 0.25) is 0 Å². The summed E-state index contributed by atoms with van der Waals surface area (Å²) in [5.41, 5.74) is 3.16. The van der Waals surface area contributed by atoms with Crippen molar-refractivity contribution in [1.29, 1.82) is 0 Å². The van der Waals surface area contributed by atoms with Crippen LogP contribution in [0, 0.1) is 0 Å². The molecule has 0 saturated heterocycles. The van der Waals surface area contributed by atoms with Crippen LogP contribution in [0.1, 0.15) is 190 Å². The third kappa shape index (κ3) is 15.1. The Labute approximate surface area is 482 Å². The maximum Gasteiger partial charge on any atom is 0.0866 e. The summed E-state index contributed by atoms with van der Waals surface area (Å²) < 4.78 is 3.25. The molecule has 1 nitrogen and oxygen atoms in total. The van der Waals surface area contributed by atoms with Crippen LogP contribution in [0.4, 0.5) is 0 Å². The quantitative estimate of drug-likeness (QED) is 0.0289. The lowest BCUT2D eigenvalue weighted by Gasteiger charge is -2.46. The Kier molecular flexibility index (Phi) is 26.5. The minimum atomic E-state index is -1.66. The lowest BCUT2D eigenvalue weighted by molar-refractivity contribution is 0.442. The fraction of sp³-hybridized carbons (Fsp3) is 0.571. The second-order valence-corrected chi connectivity index (χ2v) is 47.4. The van der Waals surface area contributed by atoms with Gasteiger partial charge in [0.05, 0.1) is 32.3 Å². The molecule has 0 aliphatic heterocycles. The molecule has 77 heavy (non-hydrogen) atoms. The molecule has 0 spiro atoms. The van der Waals surface area contributed by atoms with Gasteiger partial charge in [-0.3, -0.25) is 0 Å². The van der Waals surface area contributed by atoms with Crippen molar-refractivity contribution in [2.24, 2.45) is 0 Å². The summed E-state index contributed by atoms with van der Waals surface area (Å²) in [5, 5.41) is 13.1. The molecule has 422 valence electrons. The summed E-state index contributed by atoms with van der Waals surface area (Å²) in [4.78, 5) is 0. The second kappa shape index (κ2) is 31.9. The average molecular weight is 1140 g/mol. The van der Waals surface area contributed by atoms with Crippen LogP contribution in [-0.2, 0) is 6.42 Å². The van der Waals surface area contributed by atoms with Crippen molar-refractivity contribution < 1.29 is 0 Å². The molecule has 0 fully saturated rings. The zero-order valence-corrected chi connectivity index (χ0v) is 57.3. The van der Waals surface area contributed by atoms with Crippen molar-refractivity contribution in [3.8, 4) is 0 Å². The fourth-order valence-electron chi connectivity index (χ4n) is 15.9. The predicted molar refractivity (Wildman–Crippen MR) is 365 cm³/mol. The van der Waals surface area contributed by atoms with E-state index < -0.39 is 48.4 Å². The van der Waals surface area contributed by atoms with Crippen LogP contribution in [0.15, 0.2) is 121 Å². The van der Waals surface area contributed by atoms with Crippen LogP contribution < -0.4 is 42.0 Å². The van der Waals surface area contributed by atoms with Gasteiger partial charge in [-0.1, -0.05) is 375 Å². The highest BCUT2D eigenvalue weighted by atomic mass is 31.2. The Bertz CT molecular complexity index is 2090. The topological polar surface area (TPSA) is 3.24 Å². The summed E-state index contributed by atoms with van der Waals surface area (Å²) in [5.74, 6) is 0. The summed E-state index contributed by atoms with van der Waals surface area (Å²) in [6, 6.07) is 70.1. The zero-order chi connectivity index (χ0) is 55.3. The van der Waals surface area contributed by atoms with Crippen molar-refractivity contribution >= 4 is 90.4 Å². The number of nitrogens with zero attached hydrogens (tertiary/aromatic N) is 1. The molecule has 1 aliphatic carbocycles. The van der Waals surface area contributed by atoms with Gasteiger partial charge in [-0.05, 0) is 51.6 Å². The van der Waals surface area contributed by atoms with Crippen molar-refractivity contribution in [2.45, 2.75) is 258 Å². The molecule has 6 rings (SSSR count). The molecule has 1 unspecified atom stereocenters. The van der Waals surface area contributed by atoms with Crippen molar-refractivity contribution in [3.05, 3.63) is 132 Å². The molecule has 0 saturated carbocycles. The Balaban J connectivity index is 1.73. The van der Waals surface area contributed by atoms with E-state index in [1.165, 1.54) is 169 Å². The molecule has 0 amide bonds. The molecule has 1 atom stereocenters. The average Bonchev–Trinajstić information content (AvgIpc) is 3.45. The number of benzene rings is 5. The highest BCUT2D eigenvalue weighted by molar-refractivity contribution is 7.84. The SMILES string of the molecule is CCC[Si](CCC)(CCC)c1ccc(P(c2ccc([Si](CCC)(CCC)CCC)cc2)N(C2CCCc3ccccc32)P(c2ccc([Si](CCC)(CCC)CCC)cc2)c2ccc([Si](CCC)(CCC)CCC)cc2)cc1. The summed E-state index contributed by atoms with van der Waals surface area (Å²) in [6.45, 7) is 29.4. The van der Waals surface area contributed by atoms with Crippen molar-refractivity contribution in [2.75, 3.05) is 0 Å². The normalized spacial score (nSPS) is 14.5. The first kappa shape index (κ1) is 64.0. The summed E-state index contributed by atoms with van der Waals surface area (Å²) in [7, 11) is -8.61. The number of hydrogen-bond acceptors (Lipinski definition) is 1. The standard InChI is InChI=1S/C70H111NP2Si4/c1-13-48-74(49-14-2,50-15-3)65-40-32-61(33-41-65)72(62-34-42-66(43-35-62)75(51-16-4,52-17-5)53-18-6)71(70-31-27-29-60-28-25-26-30-69(60)70)73(63-36-44-67(45-37-63)76(54-19-7,55-20-8)56-21-9)64-38-46-68(47-39-64)77(57-22-10,58-23-11)59-24-12/h25-26,28,30,32-47,70H,13-24,27,29,31,48-59H2,1-12H3. The molecular formula is C70H111NP2Si4. The van der Waals surface area contributed by atoms with Gasteiger partial charge in [0.1, 0.15) is 0 Å². The highest BCUT2D eigenvalue weighted by Gasteiger charge is 2.42. The molecule has 0 radical (unpaired) electrons. The van der Waals surface area contributed by atoms with E-state index in [1.54, 1.807) is 53.1 Å². The lowest BCUT2D eigenvalue weighted by Crippen LogP contribution is -2.48. The smallest absolute Gasteiger partial charge is 0.0866 e. The monoisotopic (exact) mass is 1140 g/mol. The number of aryl methyl sites for hydroxylation is 1. The number of fused-ring (bicyclic) bond motifs is 1. The first-order valence-corrected chi connectivity index (χ1v) is 45.5. The second-order valence-electron chi connectivity index (χ2n) is 24.4. The van der Waals surface area contributed by atoms with Gasteiger partial charge in [-0.2, -0.15) is 0 Å². The van der Waals surface area contributed by atoms with Gasteiger partial charge >= 0.3 is 0 Å². The van der Waals surface area contributed by atoms with E-state index in [-0.39, 0.29) is 0 Å². The molecule has 0 N–H and O–H groups in total.